The first-order valence-corrected chi connectivity index (χ1v) is 6.57. The van der Waals surface area contributed by atoms with Gasteiger partial charge < -0.3 is 10.3 Å². The van der Waals surface area contributed by atoms with Crippen LogP contribution in [0.1, 0.15) is 64.6 Å². The third kappa shape index (κ3) is 5.31. The van der Waals surface area contributed by atoms with Crippen LogP contribution in [-0.4, -0.2) is 16.2 Å². The van der Waals surface area contributed by atoms with Crippen molar-refractivity contribution >= 4 is 0 Å². The molecule has 0 saturated heterocycles. The fraction of sp³-hybridized carbons (Fsp3) is 0.846. The molecule has 1 aromatic rings. The number of hydrogen-bond donors (Lipinski definition) is 1. The van der Waals surface area contributed by atoms with Gasteiger partial charge in [0.05, 0.1) is 0 Å². The molecule has 0 bridgehead atoms. The second-order valence-electron chi connectivity index (χ2n) is 5.46. The van der Waals surface area contributed by atoms with Crippen LogP contribution in [0.3, 0.4) is 0 Å². The fourth-order valence-corrected chi connectivity index (χ4v) is 1.79. The summed E-state index contributed by atoms with van der Waals surface area (Å²) in [5.74, 6) is 2.50. The zero-order valence-corrected chi connectivity index (χ0v) is 11.4. The Kier molecular flexibility index (Phi) is 5.62. The molecule has 4 heteroatoms. The summed E-state index contributed by atoms with van der Waals surface area (Å²) in [6, 6.07) is 0.279. The van der Waals surface area contributed by atoms with Crippen LogP contribution in [0.4, 0.5) is 0 Å². The summed E-state index contributed by atoms with van der Waals surface area (Å²) in [6.07, 6.45) is 4.11. The van der Waals surface area contributed by atoms with Gasteiger partial charge in [0, 0.05) is 18.4 Å². The molecular weight excluding hydrogens is 214 g/mol. The van der Waals surface area contributed by atoms with Crippen LogP contribution < -0.4 is 5.73 Å². The van der Waals surface area contributed by atoms with Crippen LogP contribution in [0.25, 0.3) is 0 Å². The van der Waals surface area contributed by atoms with Gasteiger partial charge in [0.25, 0.3) is 0 Å². The van der Waals surface area contributed by atoms with E-state index in [-0.39, 0.29) is 6.04 Å². The van der Waals surface area contributed by atoms with E-state index in [1.54, 1.807) is 0 Å². The minimum atomic E-state index is 0.279. The van der Waals surface area contributed by atoms with Crippen LogP contribution in [0.2, 0.25) is 0 Å². The van der Waals surface area contributed by atoms with Crippen molar-refractivity contribution in [2.45, 2.75) is 65.3 Å². The highest BCUT2D eigenvalue weighted by Gasteiger charge is 2.14. The predicted molar refractivity (Wildman–Crippen MR) is 68.8 cm³/mol. The second-order valence-corrected chi connectivity index (χ2v) is 5.46. The Balaban J connectivity index is 2.40. The molecule has 1 rings (SSSR count). The van der Waals surface area contributed by atoms with E-state index in [0.29, 0.717) is 11.8 Å². The molecular formula is C13H25N3O. The summed E-state index contributed by atoms with van der Waals surface area (Å²) in [6.45, 7) is 8.48. The molecule has 0 aliphatic heterocycles. The maximum absolute atomic E-state index is 5.72. The van der Waals surface area contributed by atoms with Gasteiger partial charge in [0.2, 0.25) is 5.89 Å². The Bertz CT molecular complexity index is 320. The molecule has 0 radical (unpaired) electrons. The fourth-order valence-electron chi connectivity index (χ4n) is 1.79. The largest absolute Gasteiger partial charge is 0.339 e. The van der Waals surface area contributed by atoms with Crippen LogP contribution in [0.15, 0.2) is 4.52 Å². The molecule has 17 heavy (non-hydrogen) atoms. The molecule has 0 aliphatic rings. The summed E-state index contributed by atoms with van der Waals surface area (Å²) >= 11 is 0. The third-order valence-corrected chi connectivity index (χ3v) is 2.79. The van der Waals surface area contributed by atoms with E-state index in [0.717, 1.165) is 37.4 Å². The Morgan fingerprint density at radius 2 is 1.88 bits per heavy atom. The van der Waals surface area contributed by atoms with Crippen molar-refractivity contribution in [3.8, 4) is 0 Å². The molecule has 0 fully saturated rings. The number of rotatable bonds is 7. The van der Waals surface area contributed by atoms with E-state index in [1.165, 1.54) is 0 Å². The van der Waals surface area contributed by atoms with Crippen molar-refractivity contribution in [2.24, 2.45) is 11.7 Å². The van der Waals surface area contributed by atoms with Gasteiger partial charge in [-0.2, -0.15) is 4.98 Å². The van der Waals surface area contributed by atoms with E-state index < -0.39 is 0 Å². The smallest absolute Gasteiger partial charge is 0.229 e. The lowest BCUT2D eigenvalue weighted by molar-refractivity contribution is 0.344. The van der Waals surface area contributed by atoms with Crippen molar-refractivity contribution in [1.29, 1.82) is 0 Å². The topological polar surface area (TPSA) is 64.9 Å². The first kappa shape index (κ1) is 14.2. The normalized spacial score (nSPS) is 15.2. The summed E-state index contributed by atoms with van der Waals surface area (Å²) < 4.78 is 5.29. The molecule has 98 valence electrons. The van der Waals surface area contributed by atoms with Gasteiger partial charge in [0.15, 0.2) is 5.82 Å². The molecule has 0 aliphatic carbocycles. The molecule has 1 aromatic heterocycles. The first-order chi connectivity index (χ1) is 7.99. The van der Waals surface area contributed by atoms with Gasteiger partial charge in [-0.25, -0.2) is 0 Å². The van der Waals surface area contributed by atoms with E-state index in [9.17, 15) is 0 Å². The lowest BCUT2D eigenvalue weighted by Crippen LogP contribution is -2.14. The first-order valence-electron chi connectivity index (χ1n) is 6.57. The lowest BCUT2D eigenvalue weighted by Gasteiger charge is -2.07. The highest BCUT2D eigenvalue weighted by atomic mass is 16.5. The molecule has 4 nitrogen and oxygen atoms in total. The zero-order valence-electron chi connectivity index (χ0n) is 11.4. The summed E-state index contributed by atoms with van der Waals surface area (Å²) in [7, 11) is 0. The van der Waals surface area contributed by atoms with Gasteiger partial charge in [0.1, 0.15) is 0 Å². The highest BCUT2D eigenvalue weighted by molar-refractivity contribution is 4.93. The average Bonchev–Trinajstić information content (AvgIpc) is 2.64. The van der Waals surface area contributed by atoms with Crippen LogP contribution in [0, 0.1) is 5.92 Å². The van der Waals surface area contributed by atoms with E-state index in [4.69, 9.17) is 10.3 Å². The molecule has 0 aromatic carbocycles. The average molecular weight is 239 g/mol. The van der Waals surface area contributed by atoms with Crippen LogP contribution in [0.5, 0.6) is 0 Å². The molecule has 2 atom stereocenters. The predicted octanol–water partition coefficient (Wildman–Crippen LogP) is 2.89. The summed E-state index contributed by atoms with van der Waals surface area (Å²) in [5.41, 5.74) is 5.72. The lowest BCUT2D eigenvalue weighted by atomic mass is 10.0. The number of nitrogens with two attached hydrogens (primary N) is 1. The summed E-state index contributed by atoms with van der Waals surface area (Å²) in [5, 5.41) is 4.01. The minimum absolute atomic E-state index is 0.279. The zero-order chi connectivity index (χ0) is 12.8. The quantitative estimate of drug-likeness (QED) is 0.794. The molecule has 0 amide bonds. The number of aromatic nitrogens is 2. The molecule has 2 N–H and O–H groups in total. The second kappa shape index (κ2) is 6.74. The van der Waals surface area contributed by atoms with E-state index in [1.807, 2.05) is 6.92 Å². The molecule has 0 spiro atoms. The van der Waals surface area contributed by atoms with E-state index >= 15 is 0 Å². The van der Waals surface area contributed by atoms with Gasteiger partial charge in [-0.3, -0.25) is 0 Å². The maximum atomic E-state index is 5.72. The van der Waals surface area contributed by atoms with Crippen molar-refractivity contribution in [2.75, 3.05) is 0 Å². The van der Waals surface area contributed by atoms with E-state index in [2.05, 4.69) is 30.9 Å². The minimum Gasteiger partial charge on any atom is -0.339 e. The van der Waals surface area contributed by atoms with Gasteiger partial charge in [-0.15, -0.1) is 0 Å². The summed E-state index contributed by atoms with van der Waals surface area (Å²) in [4.78, 5) is 4.44. The van der Waals surface area contributed by atoms with Crippen molar-refractivity contribution < 1.29 is 4.52 Å². The molecule has 1 heterocycles. The van der Waals surface area contributed by atoms with Crippen molar-refractivity contribution in [3.63, 3.8) is 0 Å². The Labute approximate surface area is 104 Å². The monoisotopic (exact) mass is 239 g/mol. The van der Waals surface area contributed by atoms with Crippen LogP contribution in [-0.2, 0) is 6.42 Å². The Hall–Kier alpha value is -0.900. The molecule has 0 saturated carbocycles. The number of nitrogens with zero attached hydrogens (tertiary/aromatic N) is 2. The maximum Gasteiger partial charge on any atom is 0.229 e. The SMILES string of the molecule is CC(C)Cc1noc(C(C)CCCC(C)N)n1. The Morgan fingerprint density at radius 1 is 1.18 bits per heavy atom. The standard InChI is InChI=1S/C13H25N3O/c1-9(2)8-12-15-13(17-16-12)10(3)6-5-7-11(4)14/h9-11H,5-8,14H2,1-4H3. The molecule has 2 unspecified atom stereocenters. The van der Waals surface area contributed by atoms with Crippen molar-refractivity contribution in [1.82, 2.24) is 10.1 Å². The highest BCUT2D eigenvalue weighted by Crippen LogP contribution is 2.20. The van der Waals surface area contributed by atoms with Gasteiger partial charge in [-0.05, 0) is 25.7 Å². The van der Waals surface area contributed by atoms with Crippen molar-refractivity contribution in [3.05, 3.63) is 11.7 Å². The van der Waals surface area contributed by atoms with Gasteiger partial charge in [-0.1, -0.05) is 32.3 Å². The van der Waals surface area contributed by atoms with Gasteiger partial charge >= 0.3 is 0 Å². The third-order valence-electron chi connectivity index (χ3n) is 2.79. The Morgan fingerprint density at radius 3 is 2.47 bits per heavy atom. The number of hydrogen-bond acceptors (Lipinski definition) is 4. The van der Waals surface area contributed by atoms with Crippen LogP contribution >= 0.6 is 0 Å².